The molecule has 0 radical (unpaired) electrons. The van der Waals surface area contributed by atoms with Crippen LogP contribution in [0.3, 0.4) is 0 Å². The molecule has 0 spiro atoms. The average molecular weight is 294 g/mol. The molecule has 0 bridgehead atoms. The summed E-state index contributed by atoms with van der Waals surface area (Å²) in [4.78, 5) is 7.51. The highest BCUT2D eigenvalue weighted by Crippen LogP contribution is 2.15. The summed E-state index contributed by atoms with van der Waals surface area (Å²) in [5.41, 5.74) is 2.06. The summed E-state index contributed by atoms with van der Waals surface area (Å²) in [6.45, 7) is 1.48. The van der Waals surface area contributed by atoms with Crippen LogP contribution in [0.15, 0.2) is 36.5 Å². The molecule has 0 fully saturated rings. The Kier molecular flexibility index (Phi) is 4.89. The van der Waals surface area contributed by atoms with Gasteiger partial charge >= 0.3 is 0 Å². The molecule has 0 atom stereocenters. The highest BCUT2D eigenvalue weighted by atomic mass is 32.2. The molecule has 7 heteroatoms. The van der Waals surface area contributed by atoms with Crippen molar-refractivity contribution in [3.63, 3.8) is 0 Å². The number of imidazole rings is 1. The largest absolute Gasteiger partial charge is 0.341 e. The Morgan fingerprint density at radius 3 is 2.65 bits per heavy atom. The fourth-order valence-electron chi connectivity index (χ4n) is 1.75. The molecule has 2 aromatic rings. The number of hydrogen-bond acceptors (Lipinski definition) is 4. The minimum absolute atomic E-state index is 0.366. The van der Waals surface area contributed by atoms with Gasteiger partial charge in [0, 0.05) is 13.1 Å². The monoisotopic (exact) mass is 294 g/mol. The van der Waals surface area contributed by atoms with Gasteiger partial charge in [0.25, 0.3) is 0 Å². The van der Waals surface area contributed by atoms with Crippen molar-refractivity contribution in [1.82, 2.24) is 20.0 Å². The zero-order valence-corrected chi connectivity index (χ0v) is 12.1. The number of nitrogens with one attached hydrogen (secondary N) is 3. The van der Waals surface area contributed by atoms with Crippen molar-refractivity contribution in [3.05, 3.63) is 42.4 Å². The van der Waals surface area contributed by atoms with E-state index in [1.54, 1.807) is 6.20 Å². The molecular formula is C13H18N4O2S. The van der Waals surface area contributed by atoms with Crippen LogP contribution < -0.4 is 10.0 Å². The van der Waals surface area contributed by atoms with Crippen molar-refractivity contribution in [2.24, 2.45) is 0 Å². The van der Waals surface area contributed by atoms with Gasteiger partial charge in [-0.25, -0.2) is 18.1 Å². The molecule has 2 rings (SSSR count). The van der Waals surface area contributed by atoms with Crippen LogP contribution >= 0.6 is 0 Å². The first-order valence-corrected chi connectivity index (χ1v) is 8.18. The predicted molar refractivity (Wildman–Crippen MR) is 78.6 cm³/mol. The van der Waals surface area contributed by atoms with Crippen molar-refractivity contribution in [3.8, 4) is 11.3 Å². The zero-order valence-electron chi connectivity index (χ0n) is 11.3. The molecule has 1 aromatic carbocycles. The zero-order chi connectivity index (χ0) is 14.4. The van der Waals surface area contributed by atoms with E-state index in [1.807, 2.05) is 30.3 Å². The summed E-state index contributed by atoms with van der Waals surface area (Å²) < 4.78 is 24.2. The average Bonchev–Trinajstić information content (AvgIpc) is 2.87. The molecule has 0 unspecified atom stereocenters. The van der Waals surface area contributed by atoms with Crippen LogP contribution in [-0.4, -0.2) is 37.7 Å². The maximum absolute atomic E-state index is 10.9. The van der Waals surface area contributed by atoms with Gasteiger partial charge in [-0.15, -0.1) is 0 Å². The van der Waals surface area contributed by atoms with Crippen molar-refractivity contribution in [1.29, 1.82) is 0 Å². The Labute approximate surface area is 118 Å². The summed E-state index contributed by atoms with van der Waals surface area (Å²) in [5.74, 6) is 0.822. The van der Waals surface area contributed by atoms with Crippen LogP contribution in [0.5, 0.6) is 0 Å². The van der Waals surface area contributed by atoms with E-state index in [9.17, 15) is 8.42 Å². The van der Waals surface area contributed by atoms with Gasteiger partial charge in [-0.2, -0.15) is 0 Å². The number of rotatable bonds is 7. The fraction of sp³-hybridized carbons (Fsp3) is 0.308. The highest BCUT2D eigenvalue weighted by molar-refractivity contribution is 7.88. The molecule has 3 N–H and O–H groups in total. The second-order valence-electron chi connectivity index (χ2n) is 4.45. The number of aromatic amines is 1. The van der Waals surface area contributed by atoms with Crippen LogP contribution in [0.25, 0.3) is 11.3 Å². The van der Waals surface area contributed by atoms with Crippen molar-refractivity contribution < 1.29 is 8.42 Å². The number of H-pyrrole nitrogens is 1. The summed E-state index contributed by atoms with van der Waals surface area (Å²) in [7, 11) is -3.11. The lowest BCUT2D eigenvalue weighted by molar-refractivity contribution is 0.580. The van der Waals surface area contributed by atoms with E-state index in [-0.39, 0.29) is 0 Å². The first-order valence-electron chi connectivity index (χ1n) is 6.29. The van der Waals surface area contributed by atoms with Crippen LogP contribution in [0.1, 0.15) is 5.82 Å². The van der Waals surface area contributed by atoms with E-state index < -0.39 is 10.0 Å². The normalized spacial score (nSPS) is 11.7. The van der Waals surface area contributed by atoms with Gasteiger partial charge in [0.05, 0.1) is 24.7 Å². The number of aromatic nitrogens is 2. The maximum Gasteiger partial charge on any atom is 0.208 e. The minimum Gasteiger partial charge on any atom is -0.341 e. The third kappa shape index (κ3) is 4.76. The maximum atomic E-state index is 10.9. The van der Waals surface area contributed by atoms with E-state index >= 15 is 0 Å². The lowest BCUT2D eigenvalue weighted by Crippen LogP contribution is -2.30. The Bertz CT molecular complexity index is 637. The molecule has 20 heavy (non-hydrogen) atoms. The number of hydrogen-bond donors (Lipinski definition) is 3. The Morgan fingerprint density at radius 2 is 1.95 bits per heavy atom. The molecule has 1 aromatic heterocycles. The third-order valence-electron chi connectivity index (χ3n) is 2.67. The van der Waals surface area contributed by atoms with Gasteiger partial charge in [0.2, 0.25) is 10.0 Å². The van der Waals surface area contributed by atoms with Gasteiger partial charge in [0.1, 0.15) is 5.82 Å². The molecule has 0 aliphatic heterocycles. The van der Waals surface area contributed by atoms with E-state index in [2.05, 4.69) is 20.0 Å². The van der Waals surface area contributed by atoms with Crippen molar-refractivity contribution in [2.45, 2.75) is 6.54 Å². The standard InChI is InChI=1S/C13H18N4O2S/c1-20(18,19)16-8-7-14-10-13-15-9-12(17-13)11-5-3-2-4-6-11/h2-6,9,14,16H,7-8,10H2,1H3,(H,15,17). The third-order valence-corrected chi connectivity index (χ3v) is 3.40. The molecule has 0 aliphatic carbocycles. The predicted octanol–water partition coefficient (Wildman–Crippen LogP) is 0.715. The Hall–Kier alpha value is -1.70. The number of benzene rings is 1. The molecule has 0 saturated carbocycles. The first kappa shape index (κ1) is 14.7. The highest BCUT2D eigenvalue weighted by Gasteiger charge is 2.03. The topological polar surface area (TPSA) is 86.9 Å². The van der Waals surface area contributed by atoms with E-state index in [1.165, 1.54) is 0 Å². The second kappa shape index (κ2) is 6.65. The summed E-state index contributed by atoms with van der Waals surface area (Å²) >= 11 is 0. The first-order chi connectivity index (χ1) is 9.54. The van der Waals surface area contributed by atoms with Gasteiger partial charge in [-0.3, -0.25) is 0 Å². The van der Waals surface area contributed by atoms with Crippen LogP contribution in [0, 0.1) is 0 Å². The Morgan fingerprint density at radius 1 is 1.20 bits per heavy atom. The second-order valence-corrected chi connectivity index (χ2v) is 6.29. The lowest BCUT2D eigenvalue weighted by atomic mass is 10.2. The summed E-state index contributed by atoms with van der Waals surface area (Å²) in [6.07, 6.45) is 2.94. The fourth-order valence-corrected chi connectivity index (χ4v) is 2.22. The Balaban J connectivity index is 1.79. The minimum atomic E-state index is -3.11. The van der Waals surface area contributed by atoms with E-state index in [0.29, 0.717) is 19.6 Å². The molecule has 0 saturated heterocycles. The van der Waals surface area contributed by atoms with Crippen LogP contribution in [0.2, 0.25) is 0 Å². The molecule has 0 aliphatic rings. The molecule has 108 valence electrons. The van der Waals surface area contributed by atoms with Gasteiger partial charge in [-0.1, -0.05) is 30.3 Å². The van der Waals surface area contributed by atoms with Gasteiger partial charge in [0.15, 0.2) is 0 Å². The van der Waals surface area contributed by atoms with E-state index in [0.717, 1.165) is 23.3 Å². The van der Waals surface area contributed by atoms with Gasteiger partial charge < -0.3 is 10.3 Å². The smallest absolute Gasteiger partial charge is 0.208 e. The van der Waals surface area contributed by atoms with E-state index in [4.69, 9.17) is 0 Å². The van der Waals surface area contributed by atoms with Crippen molar-refractivity contribution >= 4 is 10.0 Å². The number of sulfonamides is 1. The summed E-state index contributed by atoms with van der Waals surface area (Å²) in [6, 6.07) is 9.95. The number of nitrogens with zero attached hydrogens (tertiary/aromatic N) is 1. The quantitative estimate of drug-likeness (QED) is 0.657. The molecule has 1 heterocycles. The summed E-state index contributed by atoms with van der Waals surface area (Å²) in [5, 5.41) is 3.12. The SMILES string of the molecule is CS(=O)(=O)NCCNCc1ncc(-c2ccccc2)[nH]1. The van der Waals surface area contributed by atoms with Gasteiger partial charge in [-0.05, 0) is 5.56 Å². The van der Waals surface area contributed by atoms with Crippen molar-refractivity contribution in [2.75, 3.05) is 19.3 Å². The molecule has 0 amide bonds. The molecular weight excluding hydrogens is 276 g/mol. The molecule has 6 nitrogen and oxygen atoms in total. The lowest BCUT2D eigenvalue weighted by Gasteiger charge is -2.03. The van der Waals surface area contributed by atoms with Crippen LogP contribution in [0.4, 0.5) is 0 Å². The van der Waals surface area contributed by atoms with Crippen LogP contribution in [-0.2, 0) is 16.6 Å².